The van der Waals surface area contributed by atoms with Crippen molar-refractivity contribution in [2.45, 2.75) is 39.3 Å². The highest BCUT2D eigenvalue weighted by Crippen LogP contribution is 2.17. The Morgan fingerprint density at radius 1 is 1.19 bits per heavy atom. The lowest BCUT2D eigenvalue weighted by atomic mass is 10.1. The SMILES string of the molecule is Cc1ccccc1OC[C@H](C)NC(=O)c1ccc(CN2CCCC2=O)cc1. The van der Waals surface area contributed by atoms with Gasteiger partial charge in [0.1, 0.15) is 12.4 Å². The molecule has 0 saturated carbocycles. The Balaban J connectivity index is 1.50. The molecule has 2 aromatic carbocycles. The Labute approximate surface area is 160 Å². The van der Waals surface area contributed by atoms with Crippen LogP contribution < -0.4 is 10.1 Å². The van der Waals surface area contributed by atoms with Gasteiger partial charge in [-0.3, -0.25) is 9.59 Å². The largest absolute Gasteiger partial charge is 0.491 e. The Morgan fingerprint density at radius 3 is 2.59 bits per heavy atom. The molecule has 1 heterocycles. The fraction of sp³-hybridized carbons (Fsp3) is 0.364. The summed E-state index contributed by atoms with van der Waals surface area (Å²) in [6.07, 6.45) is 1.57. The Morgan fingerprint density at radius 2 is 1.93 bits per heavy atom. The molecule has 5 nitrogen and oxygen atoms in total. The molecule has 1 atom stereocenters. The number of benzene rings is 2. The summed E-state index contributed by atoms with van der Waals surface area (Å²) in [6, 6.07) is 15.1. The molecule has 1 saturated heterocycles. The van der Waals surface area contributed by atoms with Gasteiger partial charge < -0.3 is 15.0 Å². The summed E-state index contributed by atoms with van der Waals surface area (Å²) in [5.41, 5.74) is 2.72. The van der Waals surface area contributed by atoms with Crippen LogP contribution in [0.2, 0.25) is 0 Å². The number of carbonyl (C=O) groups is 2. The van der Waals surface area contributed by atoms with Gasteiger partial charge in [-0.05, 0) is 49.6 Å². The highest BCUT2D eigenvalue weighted by molar-refractivity contribution is 5.94. The lowest BCUT2D eigenvalue weighted by molar-refractivity contribution is -0.128. The van der Waals surface area contributed by atoms with Crippen LogP contribution in [0.15, 0.2) is 48.5 Å². The van der Waals surface area contributed by atoms with Crippen molar-refractivity contribution in [1.82, 2.24) is 10.2 Å². The number of amides is 2. The Bertz CT molecular complexity index is 801. The first-order valence-corrected chi connectivity index (χ1v) is 9.39. The second-order valence-electron chi connectivity index (χ2n) is 7.07. The van der Waals surface area contributed by atoms with E-state index in [4.69, 9.17) is 4.74 Å². The number of rotatable bonds is 7. The van der Waals surface area contributed by atoms with Crippen LogP contribution in [-0.2, 0) is 11.3 Å². The first-order chi connectivity index (χ1) is 13.0. The first kappa shape index (κ1) is 19.0. The number of para-hydroxylation sites is 1. The molecule has 1 fully saturated rings. The summed E-state index contributed by atoms with van der Waals surface area (Å²) in [5, 5.41) is 2.96. The predicted octanol–water partition coefficient (Wildman–Crippen LogP) is 3.31. The zero-order valence-electron chi connectivity index (χ0n) is 15.9. The van der Waals surface area contributed by atoms with Crippen molar-refractivity contribution in [3.8, 4) is 5.75 Å². The molecule has 1 N–H and O–H groups in total. The van der Waals surface area contributed by atoms with Gasteiger partial charge in [-0.2, -0.15) is 0 Å². The minimum absolute atomic E-state index is 0.112. The van der Waals surface area contributed by atoms with Gasteiger partial charge >= 0.3 is 0 Å². The lowest BCUT2D eigenvalue weighted by Crippen LogP contribution is -2.36. The summed E-state index contributed by atoms with van der Waals surface area (Å²) in [6.45, 7) is 5.76. The van der Waals surface area contributed by atoms with Gasteiger partial charge in [0.25, 0.3) is 5.91 Å². The van der Waals surface area contributed by atoms with Crippen LogP contribution in [0.5, 0.6) is 5.75 Å². The minimum Gasteiger partial charge on any atom is -0.491 e. The number of hydrogen-bond donors (Lipinski definition) is 1. The molecule has 0 radical (unpaired) electrons. The maximum atomic E-state index is 12.4. The molecule has 142 valence electrons. The molecule has 0 bridgehead atoms. The third kappa shape index (κ3) is 5.09. The minimum atomic E-state index is -0.125. The van der Waals surface area contributed by atoms with Gasteiger partial charge in [-0.15, -0.1) is 0 Å². The van der Waals surface area contributed by atoms with Crippen LogP contribution in [-0.4, -0.2) is 35.9 Å². The molecule has 2 aromatic rings. The predicted molar refractivity (Wildman–Crippen MR) is 105 cm³/mol. The van der Waals surface area contributed by atoms with E-state index >= 15 is 0 Å². The van der Waals surface area contributed by atoms with Crippen molar-refractivity contribution in [3.63, 3.8) is 0 Å². The van der Waals surface area contributed by atoms with Crippen LogP contribution in [0.1, 0.15) is 41.3 Å². The van der Waals surface area contributed by atoms with Crippen molar-refractivity contribution in [2.75, 3.05) is 13.2 Å². The van der Waals surface area contributed by atoms with E-state index in [1.807, 2.05) is 55.1 Å². The van der Waals surface area contributed by atoms with Gasteiger partial charge in [0.15, 0.2) is 0 Å². The maximum Gasteiger partial charge on any atom is 0.251 e. The van der Waals surface area contributed by atoms with E-state index < -0.39 is 0 Å². The molecule has 0 spiro atoms. The summed E-state index contributed by atoms with van der Waals surface area (Å²) in [7, 11) is 0. The van der Waals surface area contributed by atoms with E-state index in [2.05, 4.69) is 5.32 Å². The molecule has 0 aromatic heterocycles. The number of nitrogens with one attached hydrogen (secondary N) is 1. The smallest absolute Gasteiger partial charge is 0.251 e. The van der Waals surface area contributed by atoms with Gasteiger partial charge in [0.05, 0.1) is 6.04 Å². The van der Waals surface area contributed by atoms with Crippen LogP contribution in [0.25, 0.3) is 0 Å². The quantitative estimate of drug-likeness (QED) is 0.818. The van der Waals surface area contributed by atoms with E-state index in [9.17, 15) is 9.59 Å². The van der Waals surface area contributed by atoms with Crippen molar-refractivity contribution in [3.05, 3.63) is 65.2 Å². The van der Waals surface area contributed by atoms with Crippen LogP contribution in [0, 0.1) is 6.92 Å². The molecule has 5 heteroatoms. The molecule has 0 unspecified atom stereocenters. The molecule has 0 aliphatic carbocycles. The standard InChI is InChI=1S/C22H26N2O3/c1-16-6-3-4-7-20(16)27-15-17(2)23-22(26)19-11-9-18(10-12-19)14-24-13-5-8-21(24)25/h3-4,6-7,9-12,17H,5,8,13-15H2,1-2H3,(H,23,26)/t17-/m0/s1. The Hall–Kier alpha value is -2.82. The van der Waals surface area contributed by atoms with Gasteiger partial charge in [-0.25, -0.2) is 0 Å². The zero-order chi connectivity index (χ0) is 19.2. The van der Waals surface area contributed by atoms with Crippen molar-refractivity contribution in [2.24, 2.45) is 0 Å². The number of hydrogen-bond acceptors (Lipinski definition) is 3. The number of likely N-dealkylation sites (tertiary alicyclic amines) is 1. The van der Waals surface area contributed by atoms with Crippen molar-refractivity contribution < 1.29 is 14.3 Å². The monoisotopic (exact) mass is 366 g/mol. The van der Waals surface area contributed by atoms with Crippen LogP contribution in [0.4, 0.5) is 0 Å². The number of nitrogens with zero attached hydrogens (tertiary/aromatic N) is 1. The van der Waals surface area contributed by atoms with E-state index in [1.165, 1.54) is 0 Å². The maximum absolute atomic E-state index is 12.4. The van der Waals surface area contributed by atoms with Gasteiger partial charge in [0.2, 0.25) is 5.91 Å². The summed E-state index contributed by atoms with van der Waals surface area (Å²) in [5.74, 6) is 0.915. The number of aryl methyl sites for hydroxylation is 1. The normalized spacial score (nSPS) is 14.9. The van der Waals surface area contributed by atoms with Gasteiger partial charge in [0, 0.05) is 25.1 Å². The van der Waals surface area contributed by atoms with Crippen molar-refractivity contribution >= 4 is 11.8 Å². The zero-order valence-corrected chi connectivity index (χ0v) is 15.9. The third-order valence-electron chi connectivity index (χ3n) is 4.72. The highest BCUT2D eigenvalue weighted by Gasteiger charge is 2.20. The van der Waals surface area contributed by atoms with E-state index in [0.717, 1.165) is 29.8 Å². The molecule has 1 aliphatic rings. The summed E-state index contributed by atoms with van der Waals surface area (Å²) in [4.78, 5) is 26.0. The van der Waals surface area contributed by atoms with Crippen LogP contribution >= 0.6 is 0 Å². The highest BCUT2D eigenvalue weighted by atomic mass is 16.5. The average molecular weight is 366 g/mol. The topological polar surface area (TPSA) is 58.6 Å². The fourth-order valence-electron chi connectivity index (χ4n) is 3.14. The van der Waals surface area contributed by atoms with Crippen LogP contribution in [0.3, 0.4) is 0 Å². The van der Waals surface area contributed by atoms with Gasteiger partial charge in [-0.1, -0.05) is 30.3 Å². The summed E-state index contributed by atoms with van der Waals surface area (Å²) < 4.78 is 5.79. The second kappa shape index (κ2) is 8.71. The third-order valence-corrected chi connectivity index (χ3v) is 4.72. The molecule has 3 rings (SSSR count). The summed E-state index contributed by atoms with van der Waals surface area (Å²) >= 11 is 0. The fourth-order valence-corrected chi connectivity index (χ4v) is 3.14. The second-order valence-corrected chi connectivity index (χ2v) is 7.07. The average Bonchev–Trinajstić information content (AvgIpc) is 3.06. The van der Waals surface area contributed by atoms with E-state index in [1.54, 1.807) is 12.1 Å². The number of ether oxygens (including phenoxy) is 1. The van der Waals surface area contributed by atoms with E-state index in [0.29, 0.717) is 25.1 Å². The molecule has 27 heavy (non-hydrogen) atoms. The molecule has 1 aliphatic heterocycles. The number of carbonyl (C=O) groups excluding carboxylic acids is 2. The van der Waals surface area contributed by atoms with E-state index in [-0.39, 0.29) is 17.9 Å². The molecular formula is C22H26N2O3. The van der Waals surface area contributed by atoms with Crippen molar-refractivity contribution in [1.29, 1.82) is 0 Å². The molecular weight excluding hydrogens is 340 g/mol. The molecule has 2 amide bonds. The first-order valence-electron chi connectivity index (χ1n) is 9.39. The Kier molecular flexibility index (Phi) is 6.12. The lowest BCUT2D eigenvalue weighted by Gasteiger charge is -2.17.